The number of nitrogens with one attached hydrogen (secondary N) is 1. The van der Waals surface area contributed by atoms with E-state index in [9.17, 15) is 13.6 Å². The average Bonchev–Trinajstić information content (AvgIpc) is 3.05. The smallest absolute Gasteiger partial charge is 0.322 e. The molecule has 2 aromatic heterocycles. The van der Waals surface area contributed by atoms with Gasteiger partial charge in [-0.2, -0.15) is 0 Å². The number of hydrogen-bond donors (Lipinski definition) is 1. The SMILES string of the molecule is Cc1cc(-c2nnc(NC(=O)c3ccc(F)cc3F)o2)c(C)o1. The highest BCUT2D eigenvalue weighted by molar-refractivity contribution is 6.03. The fourth-order valence-electron chi connectivity index (χ4n) is 2.06. The highest BCUT2D eigenvalue weighted by Crippen LogP contribution is 2.26. The van der Waals surface area contributed by atoms with Crippen molar-refractivity contribution in [3.8, 4) is 11.5 Å². The van der Waals surface area contributed by atoms with Crippen LogP contribution in [0, 0.1) is 25.5 Å². The summed E-state index contributed by atoms with van der Waals surface area (Å²) in [6.07, 6.45) is 0. The Bertz CT molecular complexity index is 886. The number of carbonyl (C=O) groups excluding carboxylic acids is 1. The number of aryl methyl sites for hydroxylation is 2. The molecule has 0 atom stereocenters. The number of anilines is 1. The predicted molar refractivity (Wildman–Crippen MR) is 75.8 cm³/mol. The van der Waals surface area contributed by atoms with E-state index in [2.05, 4.69) is 15.5 Å². The first-order chi connectivity index (χ1) is 10.9. The van der Waals surface area contributed by atoms with Crippen LogP contribution in [0.1, 0.15) is 21.9 Å². The highest BCUT2D eigenvalue weighted by atomic mass is 19.1. The number of rotatable bonds is 3. The number of benzene rings is 1. The molecule has 0 saturated heterocycles. The minimum atomic E-state index is -0.983. The fourth-order valence-corrected chi connectivity index (χ4v) is 2.06. The minimum absolute atomic E-state index is 0.161. The van der Waals surface area contributed by atoms with E-state index >= 15 is 0 Å². The summed E-state index contributed by atoms with van der Waals surface area (Å²) in [4.78, 5) is 11.9. The lowest BCUT2D eigenvalue weighted by molar-refractivity contribution is 0.102. The summed E-state index contributed by atoms with van der Waals surface area (Å²) in [6.45, 7) is 3.51. The van der Waals surface area contributed by atoms with Crippen molar-refractivity contribution in [2.45, 2.75) is 13.8 Å². The Hall–Kier alpha value is -3.03. The molecular formula is C15H11F2N3O3. The van der Waals surface area contributed by atoms with Gasteiger partial charge in [-0.15, -0.1) is 5.10 Å². The molecule has 118 valence electrons. The first-order valence-corrected chi connectivity index (χ1v) is 6.61. The largest absolute Gasteiger partial charge is 0.466 e. The molecule has 0 aliphatic heterocycles. The standard InChI is InChI=1S/C15H11F2N3O3/c1-7-5-11(8(2)22-7)14-19-20-15(23-14)18-13(21)10-4-3-9(16)6-12(10)17/h3-6H,1-2H3,(H,18,20,21). The lowest BCUT2D eigenvalue weighted by Crippen LogP contribution is -2.14. The van der Waals surface area contributed by atoms with Crippen LogP contribution in [0.5, 0.6) is 0 Å². The van der Waals surface area contributed by atoms with Crippen LogP contribution in [-0.4, -0.2) is 16.1 Å². The molecule has 0 fully saturated rings. The monoisotopic (exact) mass is 319 g/mol. The van der Waals surface area contributed by atoms with Crippen LogP contribution in [-0.2, 0) is 0 Å². The van der Waals surface area contributed by atoms with E-state index in [1.54, 1.807) is 19.9 Å². The van der Waals surface area contributed by atoms with Crippen molar-refractivity contribution in [3.05, 3.63) is 53.0 Å². The molecule has 1 N–H and O–H groups in total. The van der Waals surface area contributed by atoms with E-state index in [1.807, 2.05) is 0 Å². The molecule has 0 bridgehead atoms. The summed E-state index contributed by atoms with van der Waals surface area (Å²) in [5.41, 5.74) is 0.268. The molecule has 23 heavy (non-hydrogen) atoms. The van der Waals surface area contributed by atoms with Crippen LogP contribution < -0.4 is 5.32 Å². The maximum absolute atomic E-state index is 13.5. The molecule has 0 aliphatic rings. The first kappa shape index (κ1) is 14.9. The van der Waals surface area contributed by atoms with Gasteiger partial charge in [0.2, 0.25) is 0 Å². The molecule has 0 saturated carbocycles. The number of aromatic nitrogens is 2. The van der Waals surface area contributed by atoms with Crippen molar-refractivity contribution < 1.29 is 22.4 Å². The van der Waals surface area contributed by atoms with Gasteiger partial charge in [0, 0.05) is 6.07 Å². The summed E-state index contributed by atoms with van der Waals surface area (Å²) in [6, 6.07) is 4.14. The van der Waals surface area contributed by atoms with E-state index in [0.717, 1.165) is 12.1 Å². The highest BCUT2D eigenvalue weighted by Gasteiger charge is 2.18. The number of furan rings is 1. The van der Waals surface area contributed by atoms with Gasteiger partial charge >= 0.3 is 6.01 Å². The maximum Gasteiger partial charge on any atom is 0.322 e. The quantitative estimate of drug-likeness (QED) is 0.799. The number of nitrogens with zero attached hydrogens (tertiary/aromatic N) is 2. The Balaban J connectivity index is 1.81. The van der Waals surface area contributed by atoms with Gasteiger partial charge in [-0.1, -0.05) is 5.10 Å². The van der Waals surface area contributed by atoms with E-state index in [4.69, 9.17) is 8.83 Å². The Labute approximate surface area is 129 Å². The Kier molecular flexibility index (Phi) is 3.65. The van der Waals surface area contributed by atoms with Crippen molar-refractivity contribution >= 4 is 11.9 Å². The molecule has 0 spiro atoms. The topological polar surface area (TPSA) is 81.2 Å². The molecule has 1 amide bonds. The van der Waals surface area contributed by atoms with E-state index in [0.29, 0.717) is 23.2 Å². The van der Waals surface area contributed by atoms with Crippen LogP contribution in [0.15, 0.2) is 33.1 Å². The number of halogens is 2. The average molecular weight is 319 g/mol. The molecule has 1 aromatic carbocycles. The molecule has 3 aromatic rings. The molecular weight excluding hydrogens is 308 g/mol. The zero-order chi connectivity index (χ0) is 16.6. The van der Waals surface area contributed by atoms with Crippen LogP contribution in [0.25, 0.3) is 11.5 Å². The van der Waals surface area contributed by atoms with Gasteiger partial charge in [0.15, 0.2) is 0 Å². The maximum atomic E-state index is 13.5. The second-order valence-corrected chi connectivity index (χ2v) is 4.82. The Morgan fingerprint density at radius 2 is 1.91 bits per heavy atom. The number of amides is 1. The van der Waals surface area contributed by atoms with E-state index in [-0.39, 0.29) is 17.5 Å². The third-order valence-electron chi connectivity index (χ3n) is 3.09. The van der Waals surface area contributed by atoms with Gasteiger partial charge < -0.3 is 8.83 Å². The van der Waals surface area contributed by atoms with Gasteiger partial charge in [-0.25, -0.2) is 8.78 Å². The van der Waals surface area contributed by atoms with Gasteiger partial charge in [0.05, 0.1) is 11.1 Å². The normalized spacial score (nSPS) is 10.8. The Morgan fingerprint density at radius 3 is 2.57 bits per heavy atom. The zero-order valence-corrected chi connectivity index (χ0v) is 12.2. The fraction of sp³-hybridized carbons (Fsp3) is 0.133. The summed E-state index contributed by atoms with van der Waals surface area (Å²) in [7, 11) is 0. The van der Waals surface area contributed by atoms with Crippen molar-refractivity contribution in [2.24, 2.45) is 0 Å². The molecule has 0 aliphatic carbocycles. The molecule has 3 rings (SSSR count). The van der Waals surface area contributed by atoms with Crippen molar-refractivity contribution in [3.63, 3.8) is 0 Å². The molecule has 8 heteroatoms. The van der Waals surface area contributed by atoms with Crippen molar-refractivity contribution in [1.29, 1.82) is 0 Å². The van der Waals surface area contributed by atoms with E-state index < -0.39 is 17.5 Å². The number of carbonyl (C=O) groups is 1. The van der Waals surface area contributed by atoms with Crippen LogP contribution in [0.4, 0.5) is 14.8 Å². The van der Waals surface area contributed by atoms with Gasteiger partial charge in [-0.3, -0.25) is 10.1 Å². The second kappa shape index (κ2) is 5.64. The molecule has 0 radical (unpaired) electrons. The van der Waals surface area contributed by atoms with Crippen molar-refractivity contribution in [2.75, 3.05) is 5.32 Å². The minimum Gasteiger partial charge on any atom is -0.466 e. The lowest BCUT2D eigenvalue weighted by Gasteiger charge is -2.01. The first-order valence-electron chi connectivity index (χ1n) is 6.61. The van der Waals surface area contributed by atoms with Crippen LogP contribution in [0.2, 0.25) is 0 Å². The van der Waals surface area contributed by atoms with Gasteiger partial charge in [0.1, 0.15) is 23.2 Å². The third kappa shape index (κ3) is 2.96. The Morgan fingerprint density at radius 1 is 1.13 bits per heavy atom. The third-order valence-corrected chi connectivity index (χ3v) is 3.09. The lowest BCUT2D eigenvalue weighted by atomic mass is 10.2. The molecule has 2 heterocycles. The molecule has 0 unspecified atom stereocenters. The summed E-state index contributed by atoms with van der Waals surface area (Å²) >= 11 is 0. The van der Waals surface area contributed by atoms with E-state index in [1.165, 1.54) is 0 Å². The number of hydrogen-bond acceptors (Lipinski definition) is 5. The van der Waals surface area contributed by atoms with Gasteiger partial charge in [-0.05, 0) is 32.0 Å². The summed E-state index contributed by atoms with van der Waals surface area (Å²) in [5.74, 6) is -1.15. The summed E-state index contributed by atoms with van der Waals surface area (Å²) in [5, 5.41) is 9.73. The zero-order valence-electron chi connectivity index (χ0n) is 12.2. The van der Waals surface area contributed by atoms with Crippen LogP contribution >= 0.6 is 0 Å². The second-order valence-electron chi connectivity index (χ2n) is 4.82. The van der Waals surface area contributed by atoms with Crippen LogP contribution in [0.3, 0.4) is 0 Å². The predicted octanol–water partition coefficient (Wildman–Crippen LogP) is 3.48. The molecule has 6 nitrogen and oxygen atoms in total. The van der Waals surface area contributed by atoms with Crippen molar-refractivity contribution in [1.82, 2.24) is 10.2 Å². The summed E-state index contributed by atoms with van der Waals surface area (Å²) < 4.78 is 37.1. The van der Waals surface area contributed by atoms with Gasteiger partial charge in [0.25, 0.3) is 11.8 Å².